The van der Waals surface area contributed by atoms with Gasteiger partial charge < -0.3 is 45.0 Å². The smallest absolute Gasteiger partial charge is 0.545 e. The molecule has 0 fully saturated rings. The van der Waals surface area contributed by atoms with Crippen LogP contribution >= 0.6 is 0 Å². The molecule has 4 aromatic carbocycles. The number of carboxylic acid groups (broad SMARTS) is 4. The van der Waals surface area contributed by atoms with Gasteiger partial charge in [0.25, 0.3) is 0 Å². The van der Waals surface area contributed by atoms with Gasteiger partial charge in [-0.1, -0.05) is 24.3 Å². The van der Waals surface area contributed by atoms with Crippen molar-refractivity contribution in [3.8, 4) is 45.3 Å². The summed E-state index contributed by atoms with van der Waals surface area (Å²) in [6, 6.07) is 39.3. The molecule has 316 valence electrons. The first-order valence-corrected chi connectivity index (χ1v) is 18.3. The van der Waals surface area contributed by atoms with E-state index in [0.29, 0.717) is 11.5 Å². The predicted octanol–water partition coefficient (Wildman–Crippen LogP) is 6.54. The summed E-state index contributed by atoms with van der Waals surface area (Å²) in [5.41, 5.74) is 4.82. The molecular formula is C48H36N4O11Zn. The number of para-hydroxylation sites is 2. The summed E-state index contributed by atoms with van der Waals surface area (Å²) >= 11 is 0. The van der Waals surface area contributed by atoms with Gasteiger partial charge >= 0.3 is 31.4 Å². The van der Waals surface area contributed by atoms with E-state index in [1.54, 1.807) is 73.8 Å². The van der Waals surface area contributed by atoms with Gasteiger partial charge in [-0.2, -0.15) is 0 Å². The number of benzene rings is 4. The Balaban J connectivity index is 0.000000229. The molecule has 8 rings (SSSR count). The van der Waals surface area contributed by atoms with Gasteiger partial charge in [0.2, 0.25) is 0 Å². The first-order valence-electron chi connectivity index (χ1n) is 18.3. The second kappa shape index (κ2) is 26.0. The Morgan fingerprint density at radius 1 is 0.391 bits per heavy atom. The van der Waals surface area contributed by atoms with Gasteiger partial charge in [0, 0.05) is 60.7 Å². The normalized spacial score (nSPS) is 9.50. The van der Waals surface area contributed by atoms with Crippen LogP contribution in [0, 0.1) is 0 Å². The van der Waals surface area contributed by atoms with Gasteiger partial charge in [-0.05, 0) is 144 Å². The van der Waals surface area contributed by atoms with Gasteiger partial charge in [-0.3, -0.25) is 19.9 Å². The Hall–Kier alpha value is -8.46. The minimum atomic E-state index is -1.34. The van der Waals surface area contributed by atoms with E-state index in [1.165, 1.54) is 95.1 Å². The molecule has 64 heavy (non-hydrogen) atoms. The van der Waals surface area contributed by atoms with Crippen molar-refractivity contribution in [2.24, 2.45) is 0 Å². The minimum absolute atomic E-state index is 0. The van der Waals surface area contributed by atoms with Crippen LogP contribution in [-0.2, 0) is 19.5 Å². The van der Waals surface area contributed by atoms with Crippen LogP contribution in [0.15, 0.2) is 195 Å². The average molecular weight is 910 g/mol. The van der Waals surface area contributed by atoms with Crippen LogP contribution in [0.5, 0.6) is 23.0 Å². The van der Waals surface area contributed by atoms with Gasteiger partial charge in [-0.15, -0.1) is 0 Å². The fourth-order valence-electron chi connectivity index (χ4n) is 5.21. The molecule has 16 heteroatoms. The van der Waals surface area contributed by atoms with E-state index in [9.17, 15) is 29.4 Å². The van der Waals surface area contributed by atoms with Crippen LogP contribution in [-0.4, -0.2) is 59.5 Å². The molecule has 0 unspecified atom stereocenters. The van der Waals surface area contributed by atoms with Crippen LogP contribution in [0.4, 0.5) is 0 Å². The number of carboxylic acids is 4. The van der Waals surface area contributed by atoms with Crippen molar-refractivity contribution in [3.05, 3.63) is 217 Å². The molecule has 0 amide bonds. The third-order valence-corrected chi connectivity index (χ3v) is 8.26. The molecule has 0 atom stereocenters. The number of carbonyl (C=O) groups is 4. The second-order valence-corrected chi connectivity index (χ2v) is 12.4. The number of pyridine rings is 4. The van der Waals surface area contributed by atoms with E-state index < -0.39 is 23.9 Å². The standard InChI is InChI=1S/2C14H10O5.2C10H8N2.H2O.Zn/c2*15-13(16)9-5-7-10(8-6-9)19-12-4-2-1-3-11(12)14(17)18;2*1-5-11-6-2-9(1)10-3-7-12-8-4-10;;/h2*1-8H,(H,15,16)(H,17,18);2*1-8H;1H2;/q;;;;;+2/p-2. The first kappa shape index (κ1) is 49.9. The summed E-state index contributed by atoms with van der Waals surface area (Å²) < 4.78 is 10.8. The molecule has 0 aliphatic rings. The second-order valence-electron chi connectivity index (χ2n) is 12.4. The molecule has 0 spiro atoms. The summed E-state index contributed by atoms with van der Waals surface area (Å²) in [6.07, 6.45) is 14.3. The molecule has 0 saturated carbocycles. The van der Waals surface area contributed by atoms with Crippen molar-refractivity contribution in [2.45, 2.75) is 0 Å². The number of hydrogen-bond donors (Lipinski definition) is 2. The Morgan fingerprint density at radius 3 is 0.875 bits per heavy atom. The van der Waals surface area contributed by atoms with Gasteiger partial charge in [0.15, 0.2) is 0 Å². The molecular weight excluding hydrogens is 874 g/mol. The maximum atomic E-state index is 10.9. The van der Waals surface area contributed by atoms with E-state index >= 15 is 0 Å². The number of nitrogens with zero attached hydrogens (tertiary/aromatic N) is 4. The largest absolute Gasteiger partial charge is 2.00 e. The third-order valence-electron chi connectivity index (χ3n) is 8.26. The topological polar surface area (TPSA) is 256 Å². The van der Waals surface area contributed by atoms with E-state index in [0.717, 1.165) is 0 Å². The fourth-order valence-corrected chi connectivity index (χ4v) is 5.21. The van der Waals surface area contributed by atoms with E-state index in [-0.39, 0.29) is 58.7 Å². The Kier molecular flexibility index (Phi) is 20.3. The van der Waals surface area contributed by atoms with Crippen LogP contribution in [0.25, 0.3) is 22.3 Å². The number of aromatic carboxylic acids is 4. The summed E-state index contributed by atoms with van der Waals surface area (Å²) in [5, 5.41) is 39.3. The van der Waals surface area contributed by atoms with Crippen LogP contribution in [0.2, 0.25) is 0 Å². The maximum Gasteiger partial charge on any atom is 2.00 e. The van der Waals surface area contributed by atoms with E-state index in [4.69, 9.17) is 19.7 Å². The quantitative estimate of drug-likeness (QED) is 0.138. The monoisotopic (exact) mass is 908 g/mol. The average Bonchev–Trinajstić information content (AvgIpc) is 3.31. The zero-order chi connectivity index (χ0) is 44.1. The van der Waals surface area contributed by atoms with Gasteiger partial charge in [0.05, 0.1) is 23.1 Å². The van der Waals surface area contributed by atoms with E-state index in [1.807, 2.05) is 48.5 Å². The van der Waals surface area contributed by atoms with Crippen molar-refractivity contribution in [1.29, 1.82) is 0 Å². The number of aromatic nitrogens is 4. The first-order chi connectivity index (χ1) is 30.1. The molecule has 4 N–H and O–H groups in total. The molecule has 0 saturated heterocycles. The molecule has 0 radical (unpaired) electrons. The van der Waals surface area contributed by atoms with Crippen molar-refractivity contribution >= 4 is 23.9 Å². The van der Waals surface area contributed by atoms with Crippen molar-refractivity contribution in [3.63, 3.8) is 0 Å². The number of hydrogen-bond acceptors (Lipinski definition) is 12. The number of carbonyl (C=O) groups excluding carboxylic acids is 2. The summed E-state index contributed by atoms with van der Waals surface area (Å²) in [5.74, 6) is -3.77. The number of ether oxygens (including phenoxy) is 2. The third kappa shape index (κ3) is 15.5. The molecule has 8 aromatic rings. The molecule has 4 heterocycles. The zero-order valence-corrected chi connectivity index (χ0v) is 36.6. The molecule has 0 aliphatic heterocycles. The van der Waals surface area contributed by atoms with Crippen LogP contribution in [0.1, 0.15) is 41.4 Å². The Bertz CT molecular complexity index is 2420. The molecule has 4 aromatic heterocycles. The Morgan fingerprint density at radius 2 is 0.641 bits per heavy atom. The SMILES string of the molecule is O.O=C(O)c1ccc(Oc2ccccc2C(=O)[O-])cc1.O=C(O)c1ccc(Oc2ccccc2C(=O)[O-])cc1.[Zn+2].c1cc(-c2ccncc2)ccn1.c1cc(-c2ccncc2)ccn1. The summed E-state index contributed by atoms with van der Waals surface area (Å²) in [7, 11) is 0. The van der Waals surface area contributed by atoms with Crippen LogP contribution in [0.3, 0.4) is 0 Å². The molecule has 0 bridgehead atoms. The summed E-state index contributed by atoms with van der Waals surface area (Å²) in [4.78, 5) is 59.0. The number of rotatable bonds is 10. The minimum Gasteiger partial charge on any atom is -0.545 e. The van der Waals surface area contributed by atoms with Gasteiger partial charge in [-0.25, -0.2) is 9.59 Å². The predicted molar refractivity (Wildman–Crippen MR) is 227 cm³/mol. The van der Waals surface area contributed by atoms with E-state index in [2.05, 4.69) is 19.9 Å². The molecule has 0 aliphatic carbocycles. The Labute approximate surface area is 379 Å². The fraction of sp³-hybridized carbons (Fsp3) is 0. The van der Waals surface area contributed by atoms with Gasteiger partial charge in [0.1, 0.15) is 23.0 Å². The van der Waals surface area contributed by atoms with Crippen molar-refractivity contribution in [2.75, 3.05) is 0 Å². The molecule has 15 nitrogen and oxygen atoms in total. The maximum absolute atomic E-state index is 10.9. The van der Waals surface area contributed by atoms with Crippen molar-refractivity contribution < 1.29 is 74.0 Å². The van der Waals surface area contributed by atoms with Crippen LogP contribution < -0.4 is 19.7 Å². The zero-order valence-electron chi connectivity index (χ0n) is 33.6. The van der Waals surface area contributed by atoms with Crippen molar-refractivity contribution in [1.82, 2.24) is 19.9 Å². The summed E-state index contributed by atoms with van der Waals surface area (Å²) in [6.45, 7) is 0.